The summed E-state index contributed by atoms with van der Waals surface area (Å²) in [6, 6.07) is 19.6. The van der Waals surface area contributed by atoms with Crippen molar-refractivity contribution in [2.24, 2.45) is 0 Å². The van der Waals surface area contributed by atoms with Gasteiger partial charge in [0.15, 0.2) is 5.03 Å². The highest BCUT2D eigenvalue weighted by Crippen LogP contribution is 2.31. The third kappa shape index (κ3) is 5.39. The average Bonchev–Trinajstić information content (AvgIpc) is 2.88. The van der Waals surface area contributed by atoms with Crippen molar-refractivity contribution in [1.29, 1.82) is 0 Å². The fourth-order valence-electron chi connectivity index (χ4n) is 3.79. The number of hydrogen-bond acceptors (Lipinski definition) is 6. The number of methoxy groups -OCH3 is 2. The standard InChI is InChI=1S/C26H25F2N3O4S/c1-34-21-9-3-17(4-10-21)15-31(16-18-5-11-22(35-2)12-6-18)36(32,33)24-13-19-7-8-20(29)14-23(19)25(30-24)26(27)28/h3-14,26H,15-16,29H2,1-2H3. The van der Waals surface area contributed by atoms with E-state index in [0.29, 0.717) is 28.0 Å². The Hall–Kier alpha value is -3.76. The Labute approximate surface area is 208 Å². The van der Waals surface area contributed by atoms with Crippen LogP contribution in [0, 0.1) is 0 Å². The molecular weight excluding hydrogens is 488 g/mol. The van der Waals surface area contributed by atoms with Crippen LogP contribution in [0.1, 0.15) is 23.2 Å². The molecule has 1 heterocycles. The number of anilines is 1. The van der Waals surface area contributed by atoms with Crippen LogP contribution < -0.4 is 15.2 Å². The van der Waals surface area contributed by atoms with Gasteiger partial charge in [0, 0.05) is 24.2 Å². The van der Waals surface area contributed by atoms with E-state index < -0.39 is 27.2 Å². The Balaban J connectivity index is 1.79. The number of alkyl halides is 2. The smallest absolute Gasteiger partial charge is 0.281 e. The highest BCUT2D eigenvalue weighted by atomic mass is 32.2. The van der Waals surface area contributed by atoms with Gasteiger partial charge in [-0.2, -0.15) is 4.31 Å². The zero-order valence-electron chi connectivity index (χ0n) is 19.7. The first kappa shape index (κ1) is 25.3. The number of benzene rings is 3. The Morgan fingerprint density at radius 3 is 1.86 bits per heavy atom. The summed E-state index contributed by atoms with van der Waals surface area (Å²) in [5, 5.41) is -0.0418. The van der Waals surface area contributed by atoms with Gasteiger partial charge in [-0.1, -0.05) is 30.3 Å². The molecule has 188 valence electrons. The van der Waals surface area contributed by atoms with Gasteiger partial charge in [0.05, 0.1) is 14.2 Å². The number of rotatable bonds is 9. The molecule has 7 nitrogen and oxygen atoms in total. The molecule has 4 aromatic rings. The van der Waals surface area contributed by atoms with Gasteiger partial charge in [-0.3, -0.25) is 0 Å². The molecule has 0 aliphatic heterocycles. The number of nitrogens with zero attached hydrogens (tertiary/aromatic N) is 2. The number of nitrogens with two attached hydrogens (primary N) is 1. The van der Waals surface area contributed by atoms with E-state index in [9.17, 15) is 17.2 Å². The van der Waals surface area contributed by atoms with Crippen LogP contribution in [-0.2, 0) is 23.1 Å². The van der Waals surface area contributed by atoms with E-state index >= 15 is 0 Å². The zero-order chi connectivity index (χ0) is 25.9. The first-order valence-corrected chi connectivity index (χ1v) is 12.4. The van der Waals surface area contributed by atoms with Crippen molar-refractivity contribution in [3.63, 3.8) is 0 Å². The lowest BCUT2D eigenvalue weighted by atomic mass is 10.1. The second-order valence-electron chi connectivity index (χ2n) is 8.10. The van der Waals surface area contributed by atoms with Crippen molar-refractivity contribution in [1.82, 2.24) is 9.29 Å². The topological polar surface area (TPSA) is 94.8 Å². The van der Waals surface area contributed by atoms with Crippen molar-refractivity contribution in [3.05, 3.63) is 89.6 Å². The zero-order valence-corrected chi connectivity index (χ0v) is 20.5. The third-order valence-electron chi connectivity index (χ3n) is 5.71. The number of sulfonamides is 1. The molecule has 0 saturated carbocycles. The lowest BCUT2D eigenvalue weighted by molar-refractivity contribution is 0.147. The molecule has 2 N–H and O–H groups in total. The summed E-state index contributed by atoms with van der Waals surface area (Å²) in [6.07, 6.45) is -2.99. The van der Waals surface area contributed by atoms with E-state index in [1.54, 1.807) is 48.5 Å². The van der Waals surface area contributed by atoms with Crippen LogP contribution >= 0.6 is 0 Å². The number of ether oxygens (including phenoxy) is 2. The van der Waals surface area contributed by atoms with Crippen LogP contribution in [0.25, 0.3) is 10.8 Å². The molecule has 0 unspecified atom stereocenters. The molecule has 3 aromatic carbocycles. The van der Waals surface area contributed by atoms with Gasteiger partial charge in [-0.15, -0.1) is 0 Å². The van der Waals surface area contributed by atoms with Gasteiger partial charge in [-0.25, -0.2) is 22.2 Å². The van der Waals surface area contributed by atoms with E-state index in [4.69, 9.17) is 15.2 Å². The molecular formula is C26H25F2N3O4S. The van der Waals surface area contributed by atoms with Gasteiger partial charge in [0.25, 0.3) is 16.4 Å². The predicted molar refractivity (Wildman–Crippen MR) is 134 cm³/mol. The number of halogens is 2. The number of fused-ring (bicyclic) bond motifs is 1. The maximum atomic E-state index is 13.9. The van der Waals surface area contributed by atoms with Gasteiger partial charge >= 0.3 is 0 Å². The normalized spacial score (nSPS) is 11.8. The minimum atomic E-state index is -4.29. The summed E-state index contributed by atoms with van der Waals surface area (Å²) >= 11 is 0. The predicted octanol–water partition coefficient (Wildman–Crippen LogP) is 5.16. The van der Waals surface area contributed by atoms with Crippen molar-refractivity contribution < 1.29 is 26.7 Å². The molecule has 0 aliphatic rings. The lowest BCUT2D eigenvalue weighted by Crippen LogP contribution is -2.31. The molecule has 4 rings (SSSR count). The fourth-order valence-corrected chi connectivity index (χ4v) is 5.18. The van der Waals surface area contributed by atoms with Gasteiger partial charge < -0.3 is 15.2 Å². The van der Waals surface area contributed by atoms with Crippen LogP contribution in [0.3, 0.4) is 0 Å². The summed E-state index contributed by atoms with van der Waals surface area (Å²) in [7, 11) is -1.22. The minimum absolute atomic E-state index is 0.0101. The highest BCUT2D eigenvalue weighted by Gasteiger charge is 2.29. The van der Waals surface area contributed by atoms with Gasteiger partial charge in [0.1, 0.15) is 17.2 Å². The maximum Gasteiger partial charge on any atom is 0.281 e. The molecule has 36 heavy (non-hydrogen) atoms. The quantitative estimate of drug-likeness (QED) is 0.311. The van der Waals surface area contributed by atoms with Crippen LogP contribution in [0.4, 0.5) is 14.5 Å². The molecule has 0 radical (unpaired) electrons. The number of hydrogen-bond donors (Lipinski definition) is 1. The summed E-state index contributed by atoms with van der Waals surface area (Å²) < 4.78 is 67.0. The van der Waals surface area contributed by atoms with E-state index in [0.717, 1.165) is 0 Å². The monoisotopic (exact) mass is 513 g/mol. The Morgan fingerprint density at radius 1 is 0.861 bits per heavy atom. The molecule has 0 atom stereocenters. The molecule has 0 saturated heterocycles. The van der Waals surface area contributed by atoms with Crippen molar-refractivity contribution >= 4 is 26.5 Å². The van der Waals surface area contributed by atoms with E-state index in [1.165, 1.54) is 42.8 Å². The lowest BCUT2D eigenvalue weighted by Gasteiger charge is -2.23. The van der Waals surface area contributed by atoms with Gasteiger partial charge in [-0.05, 0) is 59.0 Å². The number of pyridine rings is 1. The van der Waals surface area contributed by atoms with Crippen molar-refractivity contribution in [2.45, 2.75) is 24.5 Å². The SMILES string of the molecule is COc1ccc(CN(Cc2ccc(OC)cc2)S(=O)(=O)c2cc3ccc(N)cc3c(C(F)F)n2)cc1. The summed E-state index contributed by atoms with van der Waals surface area (Å²) in [5.74, 6) is 1.25. The van der Waals surface area contributed by atoms with Gasteiger partial charge in [0.2, 0.25) is 0 Å². The minimum Gasteiger partial charge on any atom is -0.497 e. The second-order valence-corrected chi connectivity index (χ2v) is 9.98. The summed E-state index contributed by atoms with van der Waals surface area (Å²) in [4.78, 5) is 3.90. The molecule has 0 bridgehead atoms. The van der Waals surface area contributed by atoms with Crippen LogP contribution in [0.2, 0.25) is 0 Å². The highest BCUT2D eigenvalue weighted by molar-refractivity contribution is 7.89. The summed E-state index contributed by atoms with van der Waals surface area (Å²) in [5.41, 5.74) is 6.79. The second kappa shape index (κ2) is 10.5. The first-order chi connectivity index (χ1) is 17.2. The first-order valence-electron chi connectivity index (χ1n) is 11.0. The average molecular weight is 514 g/mol. The molecule has 10 heteroatoms. The van der Waals surface area contributed by atoms with Crippen LogP contribution in [-0.4, -0.2) is 31.9 Å². The maximum absolute atomic E-state index is 13.9. The van der Waals surface area contributed by atoms with Crippen molar-refractivity contribution in [3.8, 4) is 11.5 Å². The number of nitrogen functional groups attached to an aromatic ring is 1. The van der Waals surface area contributed by atoms with Crippen molar-refractivity contribution in [2.75, 3.05) is 20.0 Å². The largest absolute Gasteiger partial charge is 0.497 e. The van der Waals surface area contributed by atoms with E-state index in [2.05, 4.69) is 4.98 Å². The molecule has 0 spiro atoms. The van der Waals surface area contributed by atoms with E-state index in [1.807, 2.05) is 0 Å². The fraction of sp³-hybridized carbons (Fsp3) is 0.192. The molecule has 0 amide bonds. The van der Waals surface area contributed by atoms with E-state index in [-0.39, 0.29) is 24.2 Å². The molecule has 1 aromatic heterocycles. The third-order valence-corrected chi connectivity index (χ3v) is 7.39. The molecule has 0 fully saturated rings. The summed E-state index contributed by atoms with van der Waals surface area (Å²) in [6.45, 7) is -0.0202. The Morgan fingerprint density at radius 2 is 1.39 bits per heavy atom. The Bertz CT molecular complexity index is 1410. The van der Waals surface area contributed by atoms with Crippen LogP contribution in [0.5, 0.6) is 11.5 Å². The van der Waals surface area contributed by atoms with Crippen LogP contribution in [0.15, 0.2) is 77.8 Å². The Kier molecular flexibility index (Phi) is 7.37. The molecule has 0 aliphatic carbocycles. The number of aromatic nitrogens is 1.